The number of likely N-dealkylation sites (tertiary alicyclic amines) is 1. The van der Waals surface area contributed by atoms with Gasteiger partial charge < -0.3 is 4.90 Å². The molecule has 2 aliphatic heterocycles. The molecule has 0 atom stereocenters. The number of hydrogen-bond donors (Lipinski definition) is 0. The van der Waals surface area contributed by atoms with E-state index in [1.165, 1.54) is 6.42 Å². The Morgan fingerprint density at radius 1 is 0.917 bits per heavy atom. The number of rotatable bonds is 4. The third-order valence-electron chi connectivity index (χ3n) is 4.96. The van der Waals surface area contributed by atoms with Crippen molar-refractivity contribution < 1.29 is 13.6 Å². The summed E-state index contributed by atoms with van der Waals surface area (Å²) in [5, 5.41) is 0. The van der Waals surface area contributed by atoms with Crippen molar-refractivity contribution in [1.29, 1.82) is 0 Å². The molecule has 0 N–H and O–H groups in total. The summed E-state index contributed by atoms with van der Waals surface area (Å²) < 4.78 is 27.0. The minimum absolute atomic E-state index is 0.222. The Kier molecular flexibility index (Phi) is 5.79. The number of nitrogens with zero attached hydrogens (tertiary/aromatic N) is 3. The number of benzene rings is 1. The molecule has 2 aliphatic rings. The van der Waals surface area contributed by atoms with Crippen molar-refractivity contribution in [2.75, 3.05) is 45.8 Å². The molecule has 0 aromatic heterocycles. The van der Waals surface area contributed by atoms with Gasteiger partial charge in [0.1, 0.15) is 0 Å². The molecule has 0 saturated carbocycles. The normalized spacial score (nSPS) is 20.3. The molecule has 1 amide bonds. The molecule has 24 heavy (non-hydrogen) atoms. The lowest BCUT2D eigenvalue weighted by Crippen LogP contribution is -2.50. The summed E-state index contributed by atoms with van der Waals surface area (Å²) in [6.45, 7) is 5.77. The van der Waals surface area contributed by atoms with Crippen LogP contribution in [0.2, 0.25) is 0 Å². The molecule has 1 aromatic rings. The fourth-order valence-corrected chi connectivity index (χ4v) is 3.45. The summed E-state index contributed by atoms with van der Waals surface area (Å²) in [7, 11) is 0. The van der Waals surface area contributed by atoms with Crippen LogP contribution in [0.15, 0.2) is 18.2 Å². The van der Waals surface area contributed by atoms with Crippen LogP contribution in [0.1, 0.15) is 24.8 Å². The van der Waals surface area contributed by atoms with E-state index in [-0.39, 0.29) is 5.91 Å². The van der Waals surface area contributed by atoms with E-state index in [1.807, 2.05) is 4.90 Å². The van der Waals surface area contributed by atoms with Crippen LogP contribution in [0.25, 0.3) is 0 Å². The van der Waals surface area contributed by atoms with E-state index < -0.39 is 11.6 Å². The summed E-state index contributed by atoms with van der Waals surface area (Å²) in [5.41, 5.74) is 0.396. The van der Waals surface area contributed by atoms with Gasteiger partial charge in [0.05, 0.1) is 6.54 Å². The number of hydrogen-bond acceptors (Lipinski definition) is 3. The lowest BCUT2D eigenvalue weighted by molar-refractivity contribution is -0.133. The van der Waals surface area contributed by atoms with Crippen molar-refractivity contribution in [1.82, 2.24) is 14.7 Å². The van der Waals surface area contributed by atoms with Gasteiger partial charge >= 0.3 is 0 Å². The van der Waals surface area contributed by atoms with Crippen molar-refractivity contribution in [3.05, 3.63) is 35.4 Å². The van der Waals surface area contributed by atoms with Crippen LogP contribution in [-0.4, -0.2) is 66.4 Å². The minimum Gasteiger partial charge on any atom is -0.342 e. The highest BCUT2D eigenvalue weighted by atomic mass is 19.2. The number of piperazine rings is 1. The largest absolute Gasteiger partial charge is 0.342 e. The van der Waals surface area contributed by atoms with Gasteiger partial charge in [-0.15, -0.1) is 0 Å². The quantitative estimate of drug-likeness (QED) is 0.842. The van der Waals surface area contributed by atoms with Crippen molar-refractivity contribution in [3.63, 3.8) is 0 Å². The third kappa shape index (κ3) is 4.30. The Morgan fingerprint density at radius 2 is 1.58 bits per heavy atom. The maximum atomic E-state index is 13.7. The molecule has 2 saturated heterocycles. The Bertz CT molecular complexity index is 567. The second kappa shape index (κ2) is 8.03. The smallest absolute Gasteiger partial charge is 0.236 e. The molecule has 0 radical (unpaired) electrons. The van der Waals surface area contributed by atoms with Gasteiger partial charge in [-0.05, 0) is 25.3 Å². The monoisotopic (exact) mass is 337 g/mol. The first-order valence-electron chi connectivity index (χ1n) is 8.79. The van der Waals surface area contributed by atoms with Gasteiger partial charge in [-0.25, -0.2) is 8.78 Å². The summed E-state index contributed by atoms with van der Waals surface area (Å²) in [6.07, 6.45) is 3.44. The molecule has 0 aliphatic carbocycles. The standard InChI is InChI=1S/C18H25F2N3O/c19-16-6-4-5-15(18(16)20)13-21-9-11-22(12-10-21)14-17(24)23-7-2-1-3-8-23/h4-6H,1-3,7-14H2. The molecule has 0 spiro atoms. The molecule has 0 bridgehead atoms. The van der Waals surface area contributed by atoms with Crippen LogP contribution < -0.4 is 0 Å². The number of piperidine rings is 1. The van der Waals surface area contributed by atoms with Gasteiger partial charge in [0, 0.05) is 51.4 Å². The lowest BCUT2D eigenvalue weighted by atomic mass is 10.1. The highest BCUT2D eigenvalue weighted by molar-refractivity contribution is 5.78. The van der Waals surface area contributed by atoms with E-state index >= 15 is 0 Å². The van der Waals surface area contributed by atoms with E-state index in [0.29, 0.717) is 18.7 Å². The molecule has 2 heterocycles. The molecular formula is C18H25F2N3O. The molecule has 4 nitrogen and oxygen atoms in total. The van der Waals surface area contributed by atoms with Gasteiger partial charge in [-0.1, -0.05) is 12.1 Å². The predicted molar refractivity (Wildman–Crippen MR) is 88.5 cm³/mol. The van der Waals surface area contributed by atoms with Crippen LogP contribution >= 0.6 is 0 Å². The fraction of sp³-hybridized carbons (Fsp3) is 0.611. The van der Waals surface area contributed by atoms with Gasteiger partial charge in [-0.2, -0.15) is 0 Å². The predicted octanol–water partition coefficient (Wildman–Crippen LogP) is 2.09. The average molecular weight is 337 g/mol. The molecule has 132 valence electrons. The van der Waals surface area contributed by atoms with Crippen LogP contribution in [0.4, 0.5) is 8.78 Å². The number of halogens is 2. The zero-order valence-electron chi connectivity index (χ0n) is 14.0. The highest BCUT2D eigenvalue weighted by Gasteiger charge is 2.23. The second-order valence-corrected chi connectivity index (χ2v) is 6.71. The Hall–Kier alpha value is -1.53. The van der Waals surface area contributed by atoms with Gasteiger partial charge in [0.15, 0.2) is 11.6 Å². The topological polar surface area (TPSA) is 26.8 Å². The fourth-order valence-electron chi connectivity index (χ4n) is 3.45. The maximum Gasteiger partial charge on any atom is 0.236 e. The summed E-state index contributed by atoms with van der Waals surface area (Å²) >= 11 is 0. The van der Waals surface area contributed by atoms with E-state index in [9.17, 15) is 13.6 Å². The number of amides is 1. The van der Waals surface area contributed by atoms with Crippen LogP contribution in [0.5, 0.6) is 0 Å². The molecule has 1 aromatic carbocycles. The SMILES string of the molecule is O=C(CN1CCN(Cc2cccc(F)c2F)CC1)N1CCCCC1. The molecule has 6 heteroatoms. The Morgan fingerprint density at radius 3 is 2.29 bits per heavy atom. The molecule has 0 unspecified atom stereocenters. The van der Waals surface area contributed by atoms with Crippen molar-refractivity contribution in [3.8, 4) is 0 Å². The van der Waals surface area contributed by atoms with Gasteiger partial charge in [-0.3, -0.25) is 14.6 Å². The van der Waals surface area contributed by atoms with E-state index in [2.05, 4.69) is 9.80 Å². The summed E-state index contributed by atoms with van der Waals surface area (Å²) in [4.78, 5) is 18.5. The zero-order valence-corrected chi connectivity index (χ0v) is 14.0. The first-order chi connectivity index (χ1) is 11.6. The Labute approximate surface area is 142 Å². The minimum atomic E-state index is -0.793. The molecular weight excluding hydrogens is 312 g/mol. The molecule has 3 rings (SSSR count). The lowest BCUT2D eigenvalue weighted by Gasteiger charge is -2.36. The summed E-state index contributed by atoms with van der Waals surface area (Å²) in [6, 6.07) is 4.31. The zero-order chi connectivity index (χ0) is 16.9. The Balaban J connectivity index is 1.45. The van der Waals surface area contributed by atoms with E-state index in [1.54, 1.807) is 12.1 Å². The number of carbonyl (C=O) groups is 1. The first-order valence-corrected chi connectivity index (χ1v) is 8.79. The van der Waals surface area contributed by atoms with Crippen molar-refractivity contribution >= 4 is 5.91 Å². The van der Waals surface area contributed by atoms with Crippen molar-refractivity contribution in [2.24, 2.45) is 0 Å². The summed E-state index contributed by atoms with van der Waals surface area (Å²) in [5.74, 6) is -1.32. The second-order valence-electron chi connectivity index (χ2n) is 6.71. The average Bonchev–Trinajstić information content (AvgIpc) is 2.61. The van der Waals surface area contributed by atoms with Crippen molar-refractivity contribution in [2.45, 2.75) is 25.8 Å². The van der Waals surface area contributed by atoms with E-state index in [4.69, 9.17) is 0 Å². The third-order valence-corrected chi connectivity index (χ3v) is 4.96. The highest BCUT2D eigenvalue weighted by Crippen LogP contribution is 2.15. The van der Waals surface area contributed by atoms with Crippen LogP contribution in [0, 0.1) is 11.6 Å². The first kappa shape index (κ1) is 17.3. The van der Waals surface area contributed by atoms with Gasteiger partial charge in [0.25, 0.3) is 0 Å². The van der Waals surface area contributed by atoms with Gasteiger partial charge in [0.2, 0.25) is 5.91 Å². The van der Waals surface area contributed by atoms with Crippen LogP contribution in [-0.2, 0) is 11.3 Å². The molecule has 2 fully saturated rings. The van der Waals surface area contributed by atoms with Crippen LogP contribution in [0.3, 0.4) is 0 Å². The maximum absolute atomic E-state index is 13.7. The number of carbonyl (C=O) groups excluding carboxylic acids is 1. The van der Waals surface area contributed by atoms with E-state index in [0.717, 1.165) is 58.2 Å².